The van der Waals surface area contributed by atoms with E-state index in [1.807, 2.05) is 12.3 Å². The molecule has 6 nitrogen and oxygen atoms in total. The summed E-state index contributed by atoms with van der Waals surface area (Å²) in [5, 5.41) is 13.6. The van der Waals surface area contributed by atoms with Crippen LogP contribution in [0.2, 0.25) is 0 Å². The Kier molecular flexibility index (Phi) is 4.95. The summed E-state index contributed by atoms with van der Waals surface area (Å²) in [4.78, 5) is 36.9. The number of carboxylic acids is 1. The first-order chi connectivity index (χ1) is 9.99. The normalized spacial score (nSPS) is 21.3. The number of amides is 2. The monoisotopic (exact) mass is 310 g/mol. The third-order valence-electron chi connectivity index (χ3n) is 3.65. The predicted octanol–water partition coefficient (Wildman–Crippen LogP) is 1.05. The minimum Gasteiger partial charge on any atom is -0.481 e. The Balaban J connectivity index is 1.75. The van der Waals surface area contributed by atoms with Gasteiger partial charge in [-0.3, -0.25) is 14.4 Å². The first-order valence-electron chi connectivity index (χ1n) is 6.81. The van der Waals surface area contributed by atoms with Crippen molar-refractivity contribution in [2.24, 2.45) is 11.8 Å². The van der Waals surface area contributed by atoms with Crippen LogP contribution < -0.4 is 5.32 Å². The van der Waals surface area contributed by atoms with Crippen LogP contribution in [0.25, 0.3) is 0 Å². The van der Waals surface area contributed by atoms with E-state index >= 15 is 0 Å². The molecule has 0 radical (unpaired) electrons. The number of carbonyl (C=O) groups excluding carboxylic acids is 2. The molecule has 1 saturated heterocycles. The summed E-state index contributed by atoms with van der Waals surface area (Å²) in [7, 11) is 0. The summed E-state index contributed by atoms with van der Waals surface area (Å²) < 4.78 is 0. The highest BCUT2D eigenvalue weighted by atomic mass is 32.1. The molecule has 0 bridgehead atoms. The summed E-state index contributed by atoms with van der Waals surface area (Å²) in [5.41, 5.74) is 0. The molecule has 0 saturated carbocycles. The molecule has 1 aromatic heterocycles. The van der Waals surface area contributed by atoms with Gasteiger partial charge >= 0.3 is 5.97 Å². The summed E-state index contributed by atoms with van der Waals surface area (Å²) in [6.07, 6.45) is 0.191. The molecule has 0 aromatic carbocycles. The molecule has 21 heavy (non-hydrogen) atoms. The number of aliphatic carboxylic acids is 1. The van der Waals surface area contributed by atoms with Crippen molar-refractivity contribution in [2.75, 3.05) is 19.6 Å². The van der Waals surface area contributed by atoms with E-state index in [9.17, 15) is 14.4 Å². The molecule has 7 heteroatoms. The van der Waals surface area contributed by atoms with Crippen molar-refractivity contribution in [1.82, 2.24) is 10.2 Å². The topological polar surface area (TPSA) is 86.7 Å². The second-order valence-electron chi connectivity index (χ2n) is 5.20. The fourth-order valence-corrected chi connectivity index (χ4v) is 3.07. The van der Waals surface area contributed by atoms with Gasteiger partial charge in [-0.2, -0.15) is 0 Å². The van der Waals surface area contributed by atoms with Gasteiger partial charge in [0, 0.05) is 26.1 Å². The van der Waals surface area contributed by atoms with E-state index in [2.05, 4.69) is 5.32 Å². The fourth-order valence-electron chi connectivity index (χ4n) is 2.43. The summed E-state index contributed by atoms with van der Waals surface area (Å²) in [5.74, 6) is -1.68. The van der Waals surface area contributed by atoms with Crippen LogP contribution in [0.5, 0.6) is 0 Å². The number of carboxylic acid groups (broad SMARTS) is 1. The predicted molar refractivity (Wildman–Crippen MR) is 78.1 cm³/mol. The molecule has 1 aliphatic rings. The molecule has 2 amide bonds. The highest BCUT2D eigenvalue weighted by Crippen LogP contribution is 2.23. The van der Waals surface area contributed by atoms with E-state index in [0.717, 1.165) is 0 Å². The van der Waals surface area contributed by atoms with Gasteiger partial charge in [0.05, 0.1) is 10.8 Å². The Morgan fingerprint density at radius 3 is 2.76 bits per heavy atom. The maximum absolute atomic E-state index is 12.0. The largest absolute Gasteiger partial charge is 0.481 e. The molecule has 2 heterocycles. The second-order valence-corrected chi connectivity index (χ2v) is 6.15. The van der Waals surface area contributed by atoms with E-state index in [0.29, 0.717) is 11.4 Å². The minimum atomic E-state index is -0.858. The third-order valence-corrected chi connectivity index (χ3v) is 4.52. The minimum absolute atomic E-state index is 0.0350. The molecule has 0 spiro atoms. The lowest BCUT2D eigenvalue weighted by atomic mass is 9.99. The zero-order valence-electron chi connectivity index (χ0n) is 11.7. The molecular formula is C14H18N2O4S. The molecule has 2 unspecified atom stereocenters. The van der Waals surface area contributed by atoms with Crippen molar-refractivity contribution in [3.63, 3.8) is 0 Å². The van der Waals surface area contributed by atoms with Gasteiger partial charge in [0.2, 0.25) is 5.91 Å². The molecule has 1 fully saturated rings. The van der Waals surface area contributed by atoms with E-state index in [1.54, 1.807) is 17.0 Å². The molecule has 1 aliphatic heterocycles. The van der Waals surface area contributed by atoms with Gasteiger partial charge in [0.25, 0.3) is 5.91 Å². The lowest BCUT2D eigenvalue weighted by Gasteiger charge is -2.15. The van der Waals surface area contributed by atoms with Crippen LogP contribution in [-0.2, 0) is 9.59 Å². The molecule has 1 aromatic rings. The van der Waals surface area contributed by atoms with Crippen LogP contribution in [0.15, 0.2) is 17.5 Å². The lowest BCUT2D eigenvalue weighted by Crippen LogP contribution is -2.33. The quantitative estimate of drug-likeness (QED) is 0.851. The number of likely N-dealkylation sites (tertiary alicyclic amines) is 1. The molecule has 2 atom stereocenters. The number of hydrogen-bond acceptors (Lipinski definition) is 4. The Bertz CT molecular complexity index is 529. The van der Waals surface area contributed by atoms with Crippen LogP contribution in [-0.4, -0.2) is 47.4 Å². The number of hydrogen-bond donors (Lipinski definition) is 2. The Labute approximate surface area is 126 Å². The molecule has 2 rings (SSSR count). The average Bonchev–Trinajstić information content (AvgIpc) is 3.07. The number of thiophene rings is 1. The zero-order chi connectivity index (χ0) is 15.4. The Hall–Kier alpha value is -1.89. The van der Waals surface area contributed by atoms with Crippen LogP contribution in [0.3, 0.4) is 0 Å². The summed E-state index contributed by atoms with van der Waals surface area (Å²) >= 11 is 1.35. The van der Waals surface area contributed by atoms with Crippen molar-refractivity contribution in [3.05, 3.63) is 22.4 Å². The fraction of sp³-hybridized carbons (Fsp3) is 0.500. The SMILES string of the molecule is CC1CN(C(=O)CCNC(=O)c2cccs2)CC1C(=O)O. The van der Waals surface area contributed by atoms with Crippen molar-refractivity contribution < 1.29 is 19.5 Å². The van der Waals surface area contributed by atoms with Crippen molar-refractivity contribution in [3.8, 4) is 0 Å². The first-order valence-corrected chi connectivity index (χ1v) is 7.69. The van der Waals surface area contributed by atoms with Crippen molar-refractivity contribution in [2.45, 2.75) is 13.3 Å². The van der Waals surface area contributed by atoms with Gasteiger partial charge in [-0.15, -0.1) is 11.3 Å². The number of nitrogens with zero attached hydrogens (tertiary/aromatic N) is 1. The van der Waals surface area contributed by atoms with Crippen molar-refractivity contribution in [1.29, 1.82) is 0 Å². The maximum Gasteiger partial charge on any atom is 0.308 e. The van der Waals surface area contributed by atoms with Crippen LogP contribution in [0, 0.1) is 11.8 Å². The van der Waals surface area contributed by atoms with Gasteiger partial charge in [-0.25, -0.2) is 0 Å². The molecule has 2 N–H and O–H groups in total. The van der Waals surface area contributed by atoms with E-state index < -0.39 is 11.9 Å². The number of carbonyl (C=O) groups is 3. The van der Waals surface area contributed by atoms with E-state index in [-0.39, 0.29) is 37.2 Å². The third kappa shape index (κ3) is 3.81. The van der Waals surface area contributed by atoms with Crippen LogP contribution >= 0.6 is 11.3 Å². The van der Waals surface area contributed by atoms with Gasteiger partial charge in [-0.05, 0) is 17.4 Å². The summed E-state index contributed by atoms with van der Waals surface area (Å²) in [6, 6.07) is 3.52. The van der Waals surface area contributed by atoms with Crippen molar-refractivity contribution >= 4 is 29.1 Å². The molecule has 0 aliphatic carbocycles. The van der Waals surface area contributed by atoms with Gasteiger partial charge in [0.15, 0.2) is 0 Å². The van der Waals surface area contributed by atoms with E-state index in [1.165, 1.54) is 11.3 Å². The number of nitrogens with one attached hydrogen (secondary N) is 1. The Morgan fingerprint density at radius 1 is 1.43 bits per heavy atom. The standard InChI is InChI=1S/C14H18N2O4S/c1-9-7-16(8-10(9)14(19)20)12(17)4-5-15-13(18)11-3-2-6-21-11/h2-3,6,9-10H,4-5,7-8H2,1H3,(H,15,18)(H,19,20). The van der Waals surface area contributed by atoms with Gasteiger partial charge < -0.3 is 15.3 Å². The van der Waals surface area contributed by atoms with E-state index in [4.69, 9.17) is 5.11 Å². The highest BCUT2D eigenvalue weighted by molar-refractivity contribution is 7.12. The first kappa shape index (κ1) is 15.5. The summed E-state index contributed by atoms with van der Waals surface area (Å²) in [6.45, 7) is 2.83. The lowest BCUT2D eigenvalue weighted by molar-refractivity contribution is -0.142. The highest BCUT2D eigenvalue weighted by Gasteiger charge is 2.36. The smallest absolute Gasteiger partial charge is 0.308 e. The maximum atomic E-state index is 12.0. The Morgan fingerprint density at radius 2 is 2.19 bits per heavy atom. The van der Waals surface area contributed by atoms with Gasteiger partial charge in [0.1, 0.15) is 0 Å². The van der Waals surface area contributed by atoms with Gasteiger partial charge in [-0.1, -0.05) is 13.0 Å². The second kappa shape index (κ2) is 6.71. The zero-order valence-corrected chi connectivity index (χ0v) is 12.6. The van der Waals surface area contributed by atoms with Crippen LogP contribution in [0.1, 0.15) is 23.0 Å². The average molecular weight is 310 g/mol. The number of rotatable bonds is 5. The van der Waals surface area contributed by atoms with Crippen LogP contribution in [0.4, 0.5) is 0 Å². The molecule has 114 valence electrons. The molecular weight excluding hydrogens is 292 g/mol.